The van der Waals surface area contributed by atoms with Crippen LogP contribution in [0.25, 0.3) is 0 Å². The molecule has 0 bridgehead atoms. The number of nitrogens with one attached hydrogen (secondary N) is 1. The van der Waals surface area contributed by atoms with E-state index in [-0.39, 0.29) is 5.91 Å². The number of carbonyl (C=O) groups excluding carboxylic acids is 1. The Morgan fingerprint density at radius 3 is 2.23 bits per heavy atom. The van der Waals surface area contributed by atoms with E-state index >= 15 is 0 Å². The lowest BCUT2D eigenvalue weighted by Gasteiger charge is -2.29. The van der Waals surface area contributed by atoms with Crippen molar-refractivity contribution in [3.05, 3.63) is 60.2 Å². The molecule has 0 heterocycles. The van der Waals surface area contributed by atoms with Crippen LogP contribution in [0, 0.1) is 0 Å². The molecule has 26 heavy (non-hydrogen) atoms. The van der Waals surface area contributed by atoms with Crippen LogP contribution in [0.15, 0.2) is 54.6 Å². The van der Waals surface area contributed by atoms with Gasteiger partial charge in [-0.15, -0.1) is 0 Å². The van der Waals surface area contributed by atoms with Gasteiger partial charge in [-0.05, 0) is 42.7 Å². The Bertz CT molecular complexity index is 689. The molecule has 1 fully saturated rings. The lowest BCUT2D eigenvalue weighted by atomic mass is 9.93. The van der Waals surface area contributed by atoms with Crippen LogP contribution in [0.4, 0.5) is 5.69 Å². The van der Waals surface area contributed by atoms with Gasteiger partial charge in [0.05, 0.1) is 0 Å². The zero-order valence-electron chi connectivity index (χ0n) is 15.4. The van der Waals surface area contributed by atoms with Crippen molar-refractivity contribution < 1.29 is 14.3 Å². The van der Waals surface area contributed by atoms with Crippen molar-refractivity contribution in [2.45, 2.75) is 50.7 Å². The van der Waals surface area contributed by atoms with E-state index in [1.165, 1.54) is 12.8 Å². The number of rotatable bonds is 6. The maximum Gasteiger partial charge on any atom is 0.256 e. The molecular weight excluding hydrogens is 326 g/mol. The van der Waals surface area contributed by atoms with Gasteiger partial charge in [0, 0.05) is 12.8 Å². The molecule has 0 unspecified atom stereocenters. The molecule has 2 aromatic rings. The molecule has 1 amide bonds. The van der Waals surface area contributed by atoms with E-state index in [1.807, 2.05) is 54.6 Å². The highest BCUT2D eigenvalue weighted by Gasteiger charge is 2.38. The van der Waals surface area contributed by atoms with E-state index in [2.05, 4.69) is 5.32 Å². The number of methoxy groups -OCH3 is 1. The van der Waals surface area contributed by atoms with Crippen molar-refractivity contribution in [2.75, 3.05) is 12.4 Å². The summed E-state index contributed by atoms with van der Waals surface area (Å²) in [5.74, 6) is 0.739. The van der Waals surface area contributed by atoms with Crippen LogP contribution in [0.1, 0.15) is 44.1 Å². The number of hydrogen-bond donors (Lipinski definition) is 1. The van der Waals surface area contributed by atoms with Crippen LogP contribution in [0.2, 0.25) is 0 Å². The summed E-state index contributed by atoms with van der Waals surface area (Å²) in [6.45, 7) is 0.527. The number of hydrogen-bond acceptors (Lipinski definition) is 3. The van der Waals surface area contributed by atoms with Crippen LogP contribution < -0.4 is 10.1 Å². The number of amides is 1. The number of ether oxygens (including phenoxy) is 2. The third-order valence-electron chi connectivity index (χ3n) is 5.08. The molecule has 138 valence electrons. The third-order valence-corrected chi connectivity index (χ3v) is 5.08. The zero-order valence-corrected chi connectivity index (χ0v) is 15.4. The Balaban J connectivity index is 1.58. The van der Waals surface area contributed by atoms with Gasteiger partial charge in [-0.2, -0.15) is 0 Å². The van der Waals surface area contributed by atoms with Crippen molar-refractivity contribution in [3.8, 4) is 5.75 Å². The van der Waals surface area contributed by atoms with Crippen molar-refractivity contribution >= 4 is 11.6 Å². The van der Waals surface area contributed by atoms with Crippen molar-refractivity contribution in [2.24, 2.45) is 0 Å². The highest BCUT2D eigenvalue weighted by Crippen LogP contribution is 2.31. The zero-order chi connectivity index (χ0) is 18.2. The molecule has 3 rings (SSSR count). The molecule has 0 atom stereocenters. The van der Waals surface area contributed by atoms with E-state index in [1.54, 1.807) is 7.11 Å². The fraction of sp³-hybridized carbons (Fsp3) is 0.409. The topological polar surface area (TPSA) is 47.6 Å². The second kappa shape index (κ2) is 8.86. The van der Waals surface area contributed by atoms with Crippen molar-refractivity contribution in [3.63, 3.8) is 0 Å². The van der Waals surface area contributed by atoms with Gasteiger partial charge < -0.3 is 14.8 Å². The van der Waals surface area contributed by atoms with Gasteiger partial charge in [-0.3, -0.25) is 4.79 Å². The van der Waals surface area contributed by atoms with E-state index in [0.717, 1.165) is 42.7 Å². The molecule has 1 aliphatic carbocycles. The standard InChI is InChI=1S/C22H27NO3/c1-25-22(15-7-2-3-8-16-22)21(24)23-19-11-13-20(14-12-19)26-17-18-9-5-4-6-10-18/h4-6,9-14H,2-3,7-8,15-17H2,1H3,(H,23,24). The summed E-state index contributed by atoms with van der Waals surface area (Å²) in [6.07, 6.45) is 5.99. The number of anilines is 1. The van der Waals surface area contributed by atoms with Gasteiger partial charge in [-0.25, -0.2) is 0 Å². The molecule has 0 saturated heterocycles. The van der Waals surface area contributed by atoms with E-state index < -0.39 is 5.60 Å². The average molecular weight is 353 g/mol. The molecule has 0 spiro atoms. The second-order valence-electron chi connectivity index (χ2n) is 6.87. The number of benzene rings is 2. The minimum absolute atomic E-state index is 0.0418. The Labute approximate surface area is 155 Å². The van der Waals surface area contributed by atoms with Crippen molar-refractivity contribution in [1.29, 1.82) is 0 Å². The van der Waals surface area contributed by atoms with Gasteiger partial charge in [0.15, 0.2) is 0 Å². The fourth-order valence-corrected chi connectivity index (χ4v) is 3.44. The van der Waals surface area contributed by atoms with E-state index in [0.29, 0.717) is 6.61 Å². The summed E-state index contributed by atoms with van der Waals surface area (Å²) in [5.41, 5.74) is 1.20. The Morgan fingerprint density at radius 2 is 1.62 bits per heavy atom. The number of carbonyl (C=O) groups is 1. The molecule has 1 N–H and O–H groups in total. The van der Waals surface area contributed by atoms with Crippen LogP contribution >= 0.6 is 0 Å². The fourth-order valence-electron chi connectivity index (χ4n) is 3.44. The first-order chi connectivity index (χ1) is 12.7. The maximum absolute atomic E-state index is 12.8. The predicted molar refractivity (Wildman–Crippen MR) is 103 cm³/mol. The van der Waals surface area contributed by atoms with Crippen LogP contribution in [-0.4, -0.2) is 18.6 Å². The molecular formula is C22H27NO3. The maximum atomic E-state index is 12.8. The van der Waals surface area contributed by atoms with Gasteiger partial charge in [-0.1, -0.05) is 56.0 Å². The normalized spacial score (nSPS) is 16.5. The summed E-state index contributed by atoms with van der Waals surface area (Å²) in [6, 6.07) is 17.6. The summed E-state index contributed by atoms with van der Waals surface area (Å²) in [7, 11) is 1.64. The van der Waals surface area contributed by atoms with Gasteiger partial charge >= 0.3 is 0 Å². The Kier molecular flexibility index (Phi) is 6.29. The SMILES string of the molecule is COC1(C(=O)Nc2ccc(OCc3ccccc3)cc2)CCCCCC1. The molecule has 1 saturated carbocycles. The second-order valence-corrected chi connectivity index (χ2v) is 6.87. The lowest BCUT2D eigenvalue weighted by molar-refractivity contribution is -0.139. The average Bonchev–Trinajstić information content (AvgIpc) is 2.95. The molecule has 4 nitrogen and oxygen atoms in total. The van der Waals surface area contributed by atoms with Crippen LogP contribution in [-0.2, 0) is 16.1 Å². The summed E-state index contributed by atoms with van der Waals surface area (Å²) in [4.78, 5) is 12.8. The molecule has 0 aromatic heterocycles. The van der Waals surface area contributed by atoms with Crippen LogP contribution in [0.3, 0.4) is 0 Å². The lowest BCUT2D eigenvalue weighted by Crippen LogP contribution is -2.44. The highest BCUT2D eigenvalue weighted by atomic mass is 16.5. The highest BCUT2D eigenvalue weighted by molar-refractivity contribution is 5.97. The van der Waals surface area contributed by atoms with E-state index in [9.17, 15) is 4.79 Å². The third kappa shape index (κ3) is 4.64. The van der Waals surface area contributed by atoms with Gasteiger partial charge in [0.1, 0.15) is 18.0 Å². The Hall–Kier alpha value is -2.33. The smallest absolute Gasteiger partial charge is 0.256 e. The first-order valence-electron chi connectivity index (χ1n) is 9.35. The molecule has 4 heteroatoms. The molecule has 0 radical (unpaired) electrons. The molecule has 2 aromatic carbocycles. The summed E-state index contributed by atoms with van der Waals surface area (Å²) < 4.78 is 11.5. The quantitative estimate of drug-likeness (QED) is 0.748. The van der Waals surface area contributed by atoms with Crippen molar-refractivity contribution in [1.82, 2.24) is 0 Å². The van der Waals surface area contributed by atoms with E-state index in [4.69, 9.17) is 9.47 Å². The van der Waals surface area contributed by atoms with Gasteiger partial charge in [0.25, 0.3) is 5.91 Å². The summed E-state index contributed by atoms with van der Waals surface area (Å²) >= 11 is 0. The Morgan fingerprint density at radius 1 is 0.962 bits per heavy atom. The summed E-state index contributed by atoms with van der Waals surface area (Å²) in [5, 5.41) is 3.01. The van der Waals surface area contributed by atoms with Crippen LogP contribution in [0.5, 0.6) is 5.75 Å². The minimum atomic E-state index is -0.695. The molecule has 1 aliphatic rings. The van der Waals surface area contributed by atoms with Gasteiger partial charge in [0.2, 0.25) is 0 Å². The largest absolute Gasteiger partial charge is 0.489 e. The minimum Gasteiger partial charge on any atom is -0.489 e. The molecule has 0 aliphatic heterocycles. The monoisotopic (exact) mass is 353 g/mol. The first kappa shape index (κ1) is 18.5. The first-order valence-corrected chi connectivity index (χ1v) is 9.35. The predicted octanol–water partition coefficient (Wildman–Crippen LogP) is 4.94.